The van der Waals surface area contributed by atoms with Gasteiger partial charge in [0.25, 0.3) is 0 Å². The van der Waals surface area contributed by atoms with Crippen molar-refractivity contribution in [3.8, 4) is 0 Å². The van der Waals surface area contributed by atoms with Crippen LogP contribution in [-0.4, -0.2) is 35.0 Å². The number of nitrogens with zero attached hydrogens (tertiary/aromatic N) is 1. The number of rotatable bonds is 3. The van der Waals surface area contributed by atoms with Crippen molar-refractivity contribution in [3.05, 3.63) is 0 Å². The van der Waals surface area contributed by atoms with Gasteiger partial charge in [0.1, 0.15) is 0 Å². The van der Waals surface area contributed by atoms with Crippen LogP contribution in [0.5, 0.6) is 0 Å². The van der Waals surface area contributed by atoms with E-state index in [1.54, 1.807) is 11.8 Å². The summed E-state index contributed by atoms with van der Waals surface area (Å²) in [5.74, 6) is -0.425. The topological polar surface area (TPSA) is 57.6 Å². The van der Waals surface area contributed by atoms with Crippen LogP contribution in [0.15, 0.2) is 0 Å². The average molecular weight is 255 g/mol. The maximum atomic E-state index is 12.1. The van der Waals surface area contributed by atoms with E-state index in [-0.39, 0.29) is 11.3 Å². The zero-order valence-electron chi connectivity index (χ0n) is 12.1. The molecule has 0 radical (unpaired) electrons. The fourth-order valence-corrected chi connectivity index (χ4v) is 2.05. The minimum Gasteiger partial charge on any atom is -0.481 e. The number of carbonyl (C=O) groups excluding carboxylic acids is 1. The molecule has 18 heavy (non-hydrogen) atoms. The molecule has 0 aromatic heterocycles. The Morgan fingerprint density at radius 2 is 1.94 bits per heavy atom. The molecule has 0 spiro atoms. The fraction of sp³-hybridized carbons (Fsp3) is 0.857. The molecule has 0 aromatic carbocycles. The van der Waals surface area contributed by atoms with Gasteiger partial charge in [-0.05, 0) is 24.7 Å². The van der Waals surface area contributed by atoms with Crippen LogP contribution in [0, 0.1) is 16.7 Å². The van der Waals surface area contributed by atoms with Crippen molar-refractivity contribution in [3.63, 3.8) is 0 Å². The summed E-state index contributed by atoms with van der Waals surface area (Å²) in [6.45, 7) is 11.1. The van der Waals surface area contributed by atoms with Gasteiger partial charge in [-0.2, -0.15) is 0 Å². The van der Waals surface area contributed by atoms with Crippen LogP contribution in [0.25, 0.3) is 0 Å². The maximum absolute atomic E-state index is 12.1. The Labute approximate surface area is 109 Å². The van der Waals surface area contributed by atoms with E-state index in [9.17, 15) is 9.59 Å². The van der Waals surface area contributed by atoms with E-state index in [1.807, 2.05) is 0 Å². The predicted molar refractivity (Wildman–Crippen MR) is 70.2 cm³/mol. The SMILES string of the molecule is CC(CC(=O)N1CCC(C)(C(=O)O)C1)C(C)(C)C. The Morgan fingerprint density at radius 3 is 2.33 bits per heavy atom. The quantitative estimate of drug-likeness (QED) is 0.842. The van der Waals surface area contributed by atoms with E-state index in [4.69, 9.17) is 5.11 Å². The number of aliphatic carboxylic acids is 1. The summed E-state index contributed by atoms with van der Waals surface area (Å²) in [6, 6.07) is 0. The molecule has 104 valence electrons. The van der Waals surface area contributed by atoms with Crippen molar-refractivity contribution in [2.24, 2.45) is 16.7 Å². The van der Waals surface area contributed by atoms with Crippen molar-refractivity contribution in [2.75, 3.05) is 13.1 Å². The van der Waals surface area contributed by atoms with Crippen molar-refractivity contribution < 1.29 is 14.7 Å². The molecular formula is C14H25NO3. The van der Waals surface area contributed by atoms with Crippen molar-refractivity contribution in [2.45, 2.75) is 47.5 Å². The van der Waals surface area contributed by atoms with E-state index in [0.29, 0.717) is 31.8 Å². The van der Waals surface area contributed by atoms with Gasteiger partial charge in [-0.15, -0.1) is 0 Å². The van der Waals surface area contributed by atoms with Gasteiger partial charge >= 0.3 is 5.97 Å². The number of carboxylic acids is 1. The van der Waals surface area contributed by atoms with Crippen LogP contribution < -0.4 is 0 Å². The Hall–Kier alpha value is -1.06. The van der Waals surface area contributed by atoms with Gasteiger partial charge < -0.3 is 10.0 Å². The highest BCUT2D eigenvalue weighted by Crippen LogP contribution is 2.33. The standard InChI is InChI=1S/C14H25NO3/c1-10(13(2,3)4)8-11(16)15-7-6-14(5,9-15)12(17)18/h10H,6-9H2,1-5H3,(H,17,18). The lowest BCUT2D eigenvalue weighted by molar-refractivity contribution is -0.147. The molecule has 1 N–H and O–H groups in total. The van der Waals surface area contributed by atoms with Gasteiger partial charge in [0.15, 0.2) is 0 Å². The van der Waals surface area contributed by atoms with Gasteiger partial charge in [0.2, 0.25) is 5.91 Å². The predicted octanol–water partition coefficient (Wildman–Crippen LogP) is 2.38. The summed E-state index contributed by atoms with van der Waals surface area (Å²) in [6.07, 6.45) is 1.05. The Kier molecular flexibility index (Phi) is 4.08. The summed E-state index contributed by atoms with van der Waals surface area (Å²) in [5.41, 5.74) is -0.661. The summed E-state index contributed by atoms with van der Waals surface area (Å²) >= 11 is 0. The number of hydrogen-bond acceptors (Lipinski definition) is 2. The summed E-state index contributed by atoms with van der Waals surface area (Å²) in [5, 5.41) is 9.15. The summed E-state index contributed by atoms with van der Waals surface area (Å²) < 4.78 is 0. The summed E-state index contributed by atoms with van der Waals surface area (Å²) in [7, 11) is 0. The Balaban J connectivity index is 2.59. The number of carboxylic acid groups (broad SMARTS) is 1. The van der Waals surface area contributed by atoms with Crippen LogP contribution in [0.3, 0.4) is 0 Å². The average Bonchev–Trinajstić information content (AvgIpc) is 2.61. The van der Waals surface area contributed by atoms with E-state index < -0.39 is 11.4 Å². The van der Waals surface area contributed by atoms with Crippen LogP contribution in [0.4, 0.5) is 0 Å². The highest BCUT2D eigenvalue weighted by molar-refractivity contribution is 5.80. The number of hydrogen-bond donors (Lipinski definition) is 1. The lowest BCUT2D eigenvalue weighted by Gasteiger charge is -2.29. The normalized spacial score (nSPS) is 26.2. The molecule has 1 rings (SSSR count). The molecule has 4 heteroatoms. The van der Waals surface area contributed by atoms with Gasteiger partial charge in [-0.1, -0.05) is 27.7 Å². The van der Waals surface area contributed by atoms with Crippen LogP contribution in [0.1, 0.15) is 47.5 Å². The number of carbonyl (C=O) groups is 2. The molecule has 0 saturated carbocycles. The zero-order valence-corrected chi connectivity index (χ0v) is 12.1. The van der Waals surface area contributed by atoms with E-state index in [1.165, 1.54) is 0 Å². The lowest BCUT2D eigenvalue weighted by Crippen LogP contribution is -2.36. The third-order valence-electron chi connectivity index (χ3n) is 4.30. The first-order chi connectivity index (χ1) is 8.06. The molecule has 2 atom stereocenters. The smallest absolute Gasteiger partial charge is 0.311 e. The van der Waals surface area contributed by atoms with Crippen molar-refractivity contribution in [1.29, 1.82) is 0 Å². The molecule has 0 bridgehead atoms. The molecule has 2 unspecified atom stereocenters. The Bertz CT molecular complexity index is 345. The van der Waals surface area contributed by atoms with Gasteiger partial charge in [0, 0.05) is 19.5 Å². The highest BCUT2D eigenvalue weighted by atomic mass is 16.4. The molecule has 1 amide bonds. The number of amides is 1. The molecule has 0 aromatic rings. The van der Waals surface area contributed by atoms with Crippen LogP contribution in [-0.2, 0) is 9.59 Å². The van der Waals surface area contributed by atoms with E-state index >= 15 is 0 Å². The molecule has 1 saturated heterocycles. The minimum atomic E-state index is -0.804. The van der Waals surface area contributed by atoms with Crippen molar-refractivity contribution in [1.82, 2.24) is 4.90 Å². The van der Waals surface area contributed by atoms with Gasteiger partial charge in [-0.25, -0.2) is 0 Å². The third kappa shape index (κ3) is 3.24. The largest absolute Gasteiger partial charge is 0.481 e. The second kappa shape index (κ2) is 4.90. The number of likely N-dealkylation sites (tertiary alicyclic amines) is 1. The monoisotopic (exact) mass is 255 g/mol. The second-order valence-electron chi connectivity index (χ2n) is 6.90. The minimum absolute atomic E-state index is 0.0856. The first-order valence-electron chi connectivity index (χ1n) is 6.57. The van der Waals surface area contributed by atoms with Crippen molar-refractivity contribution >= 4 is 11.9 Å². The zero-order chi connectivity index (χ0) is 14.1. The fourth-order valence-electron chi connectivity index (χ4n) is 2.05. The molecule has 1 heterocycles. The molecule has 0 aliphatic carbocycles. The lowest BCUT2D eigenvalue weighted by atomic mass is 9.80. The first kappa shape index (κ1) is 15.0. The Morgan fingerprint density at radius 1 is 1.39 bits per heavy atom. The van der Waals surface area contributed by atoms with E-state index in [0.717, 1.165) is 0 Å². The highest BCUT2D eigenvalue weighted by Gasteiger charge is 2.42. The molecule has 1 aliphatic heterocycles. The molecule has 1 aliphatic rings. The van der Waals surface area contributed by atoms with Gasteiger partial charge in [-0.3, -0.25) is 9.59 Å². The molecule has 4 nitrogen and oxygen atoms in total. The van der Waals surface area contributed by atoms with Gasteiger partial charge in [0.05, 0.1) is 5.41 Å². The first-order valence-corrected chi connectivity index (χ1v) is 6.57. The third-order valence-corrected chi connectivity index (χ3v) is 4.30. The molecule has 1 fully saturated rings. The maximum Gasteiger partial charge on any atom is 0.311 e. The summed E-state index contributed by atoms with van der Waals surface area (Å²) in [4.78, 5) is 25.0. The second-order valence-corrected chi connectivity index (χ2v) is 6.90. The van der Waals surface area contributed by atoms with Crippen LogP contribution >= 0.6 is 0 Å². The van der Waals surface area contributed by atoms with Crippen LogP contribution in [0.2, 0.25) is 0 Å². The van der Waals surface area contributed by atoms with E-state index in [2.05, 4.69) is 27.7 Å². The molecular weight excluding hydrogens is 230 g/mol.